The number of amides is 2. The smallest absolute Gasteiger partial charge is 0.228 e. The van der Waals surface area contributed by atoms with E-state index in [0.29, 0.717) is 13.1 Å². The van der Waals surface area contributed by atoms with Crippen LogP contribution >= 0.6 is 0 Å². The van der Waals surface area contributed by atoms with Gasteiger partial charge in [-0.2, -0.15) is 0 Å². The van der Waals surface area contributed by atoms with Crippen LogP contribution in [0.5, 0.6) is 0 Å². The number of aromatic nitrogens is 3. The molecule has 0 bridgehead atoms. The predicted molar refractivity (Wildman–Crippen MR) is 102 cm³/mol. The summed E-state index contributed by atoms with van der Waals surface area (Å²) in [7, 11) is 3.53. The Bertz CT molecular complexity index is 1010. The van der Waals surface area contributed by atoms with E-state index in [1.165, 1.54) is 0 Å². The van der Waals surface area contributed by atoms with E-state index in [-0.39, 0.29) is 24.2 Å². The Morgan fingerprint density at radius 3 is 2.78 bits per heavy atom. The van der Waals surface area contributed by atoms with Gasteiger partial charge in [0.25, 0.3) is 0 Å². The quantitative estimate of drug-likeness (QED) is 0.711. The molecule has 1 aliphatic rings. The largest absolute Gasteiger partial charge is 0.339 e. The summed E-state index contributed by atoms with van der Waals surface area (Å²) >= 11 is 0. The maximum absolute atomic E-state index is 12.8. The van der Waals surface area contributed by atoms with Gasteiger partial charge in [-0.15, -0.1) is 5.10 Å². The second-order valence-electron chi connectivity index (χ2n) is 6.98. The summed E-state index contributed by atoms with van der Waals surface area (Å²) in [5.41, 5.74) is 1.59. The number of benzene rings is 2. The van der Waals surface area contributed by atoms with Gasteiger partial charge in [0.15, 0.2) is 0 Å². The first-order valence-electron chi connectivity index (χ1n) is 8.91. The maximum Gasteiger partial charge on any atom is 0.228 e. The lowest BCUT2D eigenvalue weighted by Gasteiger charge is -2.21. The third-order valence-corrected chi connectivity index (χ3v) is 4.96. The number of anilines is 1. The number of carbonyl (C=O) groups excluding carboxylic acids is 2. The van der Waals surface area contributed by atoms with Crippen molar-refractivity contribution in [2.75, 3.05) is 18.5 Å². The lowest BCUT2D eigenvalue weighted by atomic mass is 10.1. The van der Waals surface area contributed by atoms with Gasteiger partial charge < -0.3 is 9.80 Å². The van der Waals surface area contributed by atoms with Crippen LogP contribution in [0.3, 0.4) is 0 Å². The molecule has 1 fully saturated rings. The monoisotopic (exact) mass is 363 g/mol. The van der Waals surface area contributed by atoms with Crippen molar-refractivity contribution in [3.8, 4) is 0 Å². The zero-order valence-electron chi connectivity index (χ0n) is 15.4. The molecule has 138 valence electrons. The molecule has 3 aromatic rings. The average Bonchev–Trinajstić information content (AvgIpc) is 3.26. The zero-order valence-corrected chi connectivity index (χ0v) is 15.4. The standard InChI is InChI=1S/C20H21N5O2/c1-23(12-16-13-24(2)22-21-16)20(27)15-10-19(26)25(11-15)18-9-5-7-14-6-3-4-8-17(14)18/h3-9,13,15H,10-12H2,1-2H3. The van der Waals surface area contributed by atoms with Crippen molar-refractivity contribution in [1.82, 2.24) is 19.9 Å². The number of hydrogen-bond acceptors (Lipinski definition) is 4. The van der Waals surface area contributed by atoms with Gasteiger partial charge in [-0.25, -0.2) is 0 Å². The van der Waals surface area contributed by atoms with Crippen molar-refractivity contribution in [3.63, 3.8) is 0 Å². The Labute approximate surface area is 157 Å². The summed E-state index contributed by atoms with van der Waals surface area (Å²) in [6.07, 6.45) is 2.01. The van der Waals surface area contributed by atoms with Gasteiger partial charge in [-0.1, -0.05) is 41.6 Å². The molecule has 2 aromatic carbocycles. The summed E-state index contributed by atoms with van der Waals surface area (Å²) < 4.78 is 1.61. The Morgan fingerprint density at radius 2 is 2.00 bits per heavy atom. The summed E-state index contributed by atoms with van der Waals surface area (Å²) in [4.78, 5) is 28.8. The van der Waals surface area contributed by atoms with Crippen LogP contribution in [0.25, 0.3) is 10.8 Å². The van der Waals surface area contributed by atoms with E-state index in [1.54, 1.807) is 34.8 Å². The molecule has 1 atom stereocenters. The number of hydrogen-bond donors (Lipinski definition) is 0. The van der Waals surface area contributed by atoms with Crippen LogP contribution in [0.4, 0.5) is 5.69 Å². The molecule has 0 spiro atoms. The highest BCUT2D eigenvalue weighted by atomic mass is 16.2. The Kier molecular flexibility index (Phi) is 4.35. The van der Waals surface area contributed by atoms with Crippen LogP contribution in [0.2, 0.25) is 0 Å². The molecule has 27 heavy (non-hydrogen) atoms. The molecule has 0 aliphatic carbocycles. The van der Waals surface area contributed by atoms with Crippen LogP contribution in [0.1, 0.15) is 12.1 Å². The van der Waals surface area contributed by atoms with E-state index in [2.05, 4.69) is 10.3 Å². The fraction of sp³-hybridized carbons (Fsp3) is 0.300. The number of nitrogens with zero attached hydrogens (tertiary/aromatic N) is 5. The van der Waals surface area contributed by atoms with Crippen LogP contribution < -0.4 is 4.90 Å². The van der Waals surface area contributed by atoms with Gasteiger partial charge in [0, 0.05) is 38.6 Å². The topological polar surface area (TPSA) is 71.3 Å². The molecule has 0 radical (unpaired) electrons. The molecule has 0 N–H and O–H groups in total. The van der Waals surface area contributed by atoms with E-state index in [9.17, 15) is 9.59 Å². The summed E-state index contributed by atoms with van der Waals surface area (Å²) in [6, 6.07) is 13.9. The first-order valence-corrected chi connectivity index (χ1v) is 8.91. The summed E-state index contributed by atoms with van der Waals surface area (Å²) in [6.45, 7) is 0.780. The number of carbonyl (C=O) groups is 2. The first-order chi connectivity index (χ1) is 13.0. The fourth-order valence-corrected chi connectivity index (χ4v) is 3.65. The molecule has 2 amide bonds. The summed E-state index contributed by atoms with van der Waals surface area (Å²) in [5, 5.41) is 10.0. The lowest BCUT2D eigenvalue weighted by Crippen LogP contribution is -2.34. The minimum absolute atomic E-state index is 0.0161. The molecule has 0 saturated carbocycles. The van der Waals surface area contributed by atoms with E-state index >= 15 is 0 Å². The van der Waals surface area contributed by atoms with Crippen molar-refractivity contribution >= 4 is 28.3 Å². The van der Waals surface area contributed by atoms with Gasteiger partial charge in [-0.05, 0) is 11.5 Å². The molecule has 1 aromatic heterocycles. The minimum atomic E-state index is -0.349. The fourth-order valence-electron chi connectivity index (χ4n) is 3.65. The average molecular weight is 363 g/mol. The number of rotatable bonds is 4. The molecule has 1 unspecified atom stereocenters. The second-order valence-corrected chi connectivity index (χ2v) is 6.98. The lowest BCUT2D eigenvalue weighted by molar-refractivity contribution is -0.135. The Hall–Kier alpha value is -3.22. The molecule has 4 rings (SSSR count). The first kappa shape index (κ1) is 17.2. The predicted octanol–water partition coefficient (Wildman–Crippen LogP) is 1.98. The van der Waals surface area contributed by atoms with Crippen molar-refractivity contribution in [2.24, 2.45) is 13.0 Å². The van der Waals surface area contributed by atoms with Gasteiger partial charge in [0.2, 0.25) is 11.8 Å². The van der Waals surface area contributed by atoms with Gasteiger partial charge in [0.1, 0.15) is 5.69 Å². The van der Waals surface area contributed by atoms with E-state index < -0.39 is 0 Å². The highest BCUT2D eigenvalue weighted by Gasteiger charge is 2.37. The molecule has 1 aliphatic heterocycles. The third kappa shape index (κ3) is 3.28. The van der Waals surface area contributed by atoms with Gasteiger partial charge in [0.05, 0.1) is 18.2 Å². The molecule has 1 saturated heterocycles. The molecule has 7 heteroatoms. The van der Waals surface area contributed by atoms with Gasteiger partial charge in [-0.3, -0.25) is 14.3 Å². The number of aryl methyl sites for hydroxylation is 1. The van der Waals surface area contributed by atoms with Crippen LogP contribution in [-0.2, 0) is 23.2 Å². The Morgan fingerprint density at radius 1 is 1.22 bits per heavy atom. The third-order valence-electron chi connectivity index (χ3n) is 4.96. The van der Waals surface area contributed by atoms with E-state index in [1.807, 2.05) is 42.5 Å². The van der Waals surface area contributed by atoms with Crippen LogP contribution in [0, 0.1) is 5.92 Å². The summed E-state index contributed by atoms with van der Waals surface area (Å²) in [5.74, 6) is -0.410. The zero-order chi connectivity index (χ0) is 19.0. The second kappa shape index (κ2) is 6.83. The number of fused-ring (bicyclic) bond motifs is 1. The van der Waals surface area contributed by atoms with Crippen molar-refractivity contribution in [2.45, 2.75) is 13.0 Å². The van der Waals surface area contributed by atoms with Crippen molar-refractivity contribution < 1.29 is 9.59 Å². The highest BCUT2D eigenvalue weighted by Crippen LogP contribution is 2.32. The molecular weight excluding hydrogens is 342 g/mol. The maximum atomic E-state index is 12.8. The van der Waals surface area contributed by atoms with Crippen LogP contribution in [0.15, 0.2) is 48.7 Å². The van der Waals surface area contributed by atoms with E-state index in [0.717, 1.165) is 22.2 Å². The molecule has 2 heterocycles. The molecule has 7 nitrogen and oxygen atoms in total. The van der Waals surface area contributed by atoms with E-state index in [4.69, 9.17) is 0 Å². The van der Waals surface area contributed by atoms with Crippen molar-refractivity contribution in [1.29, 1.82) is 0 Å². The minimum Gasteiger partial charge on any atom is -0.339 e. The van der Waals surface area contributed by atoms with Crippen molar-refractivity contribution in [3.05, 3.63) is 54.4 Å². The van der Waals surface area contributed by atoms with Crippen LogP contribution in [-0.4, -0.2) is 45.3 Å². The molecular formula is C20H21N5O2. The normalized spacial score (nSPS) is 16.9. The Balaban J connectivity index is 1.52. The van der Waals surface area contributed by atoms with Gasteiger partial charge >= 0.3 is 0 Å². The highest BCUT2D eigenvalue weighted by molar-refractivity contribution is 6.06. The SMILES string of the molecule is CN(Cc1cn(C)nn1)C(=O)C1CC(=O)N(c2cccc3ccccc23)C1.